The van der Waals surface area contributed by atoms with Crippen molar-refractivity contribution in [3.05, 3.63) is 36.6 Å². The summed E-state index contributed by atoms with van der Waals surface area (Å²) >= 11 is 0. The Balaban J connectivity index is 4.23. The lowest BCUT2D eigenvalue weighted by Gasteiger charge is -2.05. The van der Waals surface area contributed by atoms with Crippen molar-refractivity contribution in [3.63, 3.8) is 0 Å². The van der Waals surface area contributed by atoms with Crippen molar-refractivity contribution < 1.29 is 13.5 Å². The zero-order valence-corrected chi connectivity index (χ0v) is 7.07. The number of rotatable bonds is 5. The fourth-order valence-corrected chi connectivity index (χ4v) is 0.553. The highest BCUT2D eigenvalue weighted by Gasteiger charge is 2.02. The van der Waals surface area contributed by atoms with E-state index >= 15 is 0 Å². The van der Waals surface area contributed by atoms with Crippen LogP contribution in [0, 0.1) is 0 Å². The van der Waals surface area contributed by atoms with Gasteiger partial charge in [-0.15, -0.1) is 0 Å². The molecule has 1 nitrogen and oxygen atoms in total. The second-order valence-corrected chi connectivity index (χ2v) is 2.21. The molecule has 0 saturated heterocycles. The number of allylic oxidation sites excluding steroid dienone is 3. The van der Waals surface area contributed by atoms with Gasteiger partial charge in [0.2, 0.25) is 0 Å². The van der Waals surface area contributed by atoms with E-state index in [1.165, 1.54) is 0 Å². The van der Waals surface area contributed by atoms with E-state index in [4.69, 9.17) is 4.74 Å². The van der Waals surface area contributed by atoms with Gasteiger partial charge < -0.3 is 4.74 Å². The maximum absolute atomic E-state index is 12.5. The summed E-state index contributed by atoms with van der Waals surface area (Å²) in [6, 6.07) is 0. The molecule has 0 aromatic carbocycles. The Morgan fingerprint density at radius 3 is 2.33 bits per heavy atom. The van der Waals surface area contributed by atoms with Gasteiger partial charge in [0.15, 0.2) is 11.6 Å². The van der Waals surface area contributed by atoms with Crippen LogP contribution in [0.5, 0.6) is 0 Å². The molecule has 0 spiro atoms. The van der Waals surface area contributed by atoms with Crippen LogP contribution in [0.25, 0.3) is 0 Å². The quantitative estimate of drug-likeness (QED) is 0.459. The molecule has 0 aromatic rings. The summed E-state index contributed by atoms with van der Waals surface area (Å²) in [5.41, 5.74) is 0. The fourth-order valence-electron chi connectivity index (χ4n) is 0.553. The topological polar surface area (TPSA) is 9.23 Å². The summed E-state index contributed by atoms with van der Waals surface area (Å²) in [5.74, 6) is -1.73. The summed E-state index contributed by atoms with van der Waals surface area (Å²) in [7, 11) is 0. The zero-order valence-electron chi connectivity index (χ0n) is 7.07. The Morgan fingerprint density at radius 1 is 1.42 bits per heavy atom. The van der Waals surface area contributed by atoms with Crippen LogP contribution >= 0.6 is 0 Å². The van der Waals surface area contributed by atoms with Crippen molar-refractivity contribution in [2.24, 2.45) is 0 Å². The first-order valence-corrected chi connectivity index (χ1v) is 3.61. The lowest BCUT2D eigenvalue weighted by molar-refractivity contribution is 0.208. The maximum atomic E-state index is 12.5. The molecule has 0 heterocycles. The van der Waals surface area contributed by atoms with Crippen LogP contribution in [0.3, 0.4) is 0 Å². The van der Waals surface area contributed by atoms with Crippen LogP contribution < -0.4 is 0 Å². The predicted molar refractivity (Wildman–Crippen MR) is 44.8 cm³/mol. The molecule has 0 radical (unpaired) electrons. The molecule has 0 N–H and O–H groups in total. The lowest BCUT2D eigenvalue weighted by atomic mass is 10.4. The molecule has 0 unspecified atom stereocenters. The van der Waals surface area contributed by atoms with E-state index in [9.17, 15) is 8.78 Å². The second-order valence-electron chi connectivity index (χ2n) is 2.21. The molecule has 3 heteroatoms. The highest BCUT2D eigenvalue weighted by atomic mass is 19.1. The van der Waals surface area contributed by atoms with Crippen LogP contribution in [0.1, 0.15) is 13.3 Å². The monoisotopic (exact) mass is 174 g/mol. The van der Waals surface area contributed by atoms with E-state index in [0.29, 0.717) is 6.61 Å². The third kappa shape index (κ3) is 4.66. The van der Waals surface area contributed by atoms with Gasteiger partial charge in [0.05, 0.1) is 6.61 Å². The Bertz CT molecular complexity index is 207. The Hall–Kier alpha value is -1.12. The van der Waals surface area contributed by atoms with Gasteiger partial charge in [0.1, 0.15) is 5.83 Å². The van der Waals surface area contributed by atoms with Crippen molar-refractivity contribution in [2.75, 3.05) is 6.61 Å². The van der Waals surface area contributed by atoms with Crippen molar-refractivity contribution >= 4 is 0 Å². The summed E-state index contributed by atoms with van der Waals surface area (Å²) in [6.45, 7) is 8.15. The smallest absolute Gasteiger partial charge is 0.158 e. The Labute approximate surface area is 71.0 Å². The zero-order chi connectivity index (χ0) is 9.56. The van der Waals surface area contributed by atoms with Crippen LogP contribution in [0.2, 0.25) is 0 Å². The van der Waals surface area contributed by atoms with Gasteiger partial charge in [-0.2, -0.15) is 0 Å². The van der Waals surface area contributed by atoms with Gasteiger partial charge in [-0.05, 0) is 6.42 Å². The van der Waals surface area contributed by atoms with Crippen molar-refractivity contribution in [1.29, 1.82) is 0 Å². The first kappa shape index (κ1) is 10.9. The largest absolute Gasteiger partial charge is 0.490 e. The van der Waals surface area contributed by atoms with Gasteiger partial charge >= 0.3 is 0 Å². The molecule has 0 atom stereocenters. The molecule has 0 bridgehead atoms. The van der Waals surface area contributed by atoms with Crippen molar-refractivity contribution in [1.82, 2.24) is 0 Å². The standard InChI is InChI=1S/C9H12F2O/c1-4-5-12-9(8(3)11)6-7(2)10/h6H,2-5H2,1H3/b9-6+. The second kappa shape index (κ2) is 5.52. The molecule has 0 saturated carbocycles. The van der Waals surface area contributed by atoms with E-state index in [2.05, 4.69) is 13.2 Å². The highest BCUT2D eigenvalue weighted by molar-refractivity contribution is 5.23. The summed E-state index contributed by atoms with van der Waals surface area (Å²) in [6.07, 6.45) is 1.60. The number of ether oxygens (including phenoxy) is 1. The molecule has 0 rings (SSSR count). The van der Waals surface area contributed by atoms with E-state index in [1.54, 1.807) is 0 Å². The van der Waals surface area contributed by atoms with Gasteiger partial charge in [0, 0.05) is 6.08 Å². The van der Waals surface area contributed by atoms with Crippen molar-refractivity contribution in [2.45, 2.75) is 13.3 Å². The first-order valence-electron chi connectivity index (χ1n) is 3.61. The highest BCUT2D eigenvalue weighted by Crippen LogP contribution is 2.13. The van der Waals surface area contributed by atoms with E-state index in [-0.39, 0.29) is 5.76 Å². The van der Waals surface area contributed by atoms with E-state index in [0.717, 1.165) is 12.5 Å². The average molecular weight is 174 g/mol. The minimum atomic E-state index is -0.790. The minimum Gasteiger partial charge on any atom is -0.490 e. The molecule has 12 heavy (non-hydrogen) atoms. The average Bonchev–Trinajstić information content (AvgIpc) is 1.96. The van der Waals surface area contributed by atoms with Crippen LogP contribution in [0.15, 0.2) is 36.6 Å². The van der Waals surface area contributed by atoms with Gasteiger partial charge in [-0.3, -0.25) is 0 Å². The predicted octanol–water partition coefficient (Wildman–Crippen LogP) is 3.26. The van der Waals surface area contributed by atoms with Crippen LogP contribution in [0.4, 0.5) is 8.78 Å². The third-order valence-electron chi connectivity index (χ3n) is 1.02. The number of hydrogen-bond donors (Lipinski definition) is 0. The molecule has 0 aliphatic heterocycles. The van der Waals surface area contributed by atoms with Gasteiger partial charge in [-0.25, -0.2) is 8.78 Å². The maximum Gasteiger partial charge on any atom is 0.158 e. The molecule has 0 aliphatic carbocycles. The normalized spacial score (nSPS) is 11.1. The molecule has 68 valence electrons. The first-order chi connectivity index (χ1) is 5.57. The van der Waals surface area contributed by atoms with E-state index in [1.807, 2.05) is 6.92 Å². The van der Waals surface area contributed by atoms with Crippen LogP contribution in [-0.2, 0) is 4.74 Å². The number of hydrogen-bond acceptors (Lipinski definition) is 1. The van der Waals surface area contributed by atoms with Crippen molar-refractivity contribution in [3.8, 4) is 0 Å². The fraction of sp³-hybridized carbons (Fsp3) is 0.333. The summed E-state index contributed by atoms with van der Waals surface area (Å²) < 4.78 is 29.5. The SMILES string of the molecule is C=C(F)/C=C(/OCCC)C(=C)F. The number of halogens is 2. The molecule has 0 aliphatic rings. The molecular weight excluding hydrogens is 162 g/mol. The molecule has 0 fully saturated rings. The molecular formula is C9H12F2O. The molecule has 0 amide bonds. The Morgan fingerprint density at radius 2 is 2.00 bits per heavy atom. The lowest BCUT2D eigenvalue weighted by Crippen LogP contribution is -1.94. The van der Waals surface area contributed by atoms with Gasteiger partial charge in [0.25, 0.3) is 0 Å². The minimum absolute atomic E-state index is 0.190. The Kier molecular flexibility index (Phi) is 5.00. The van der Waals surface area contributed by atoms with Gasteiger partial charge in [-0.1, -0.05) is 20.1 Å². The summed E-state index contributed by atoms with van der Waals surface area (Å²) in [4.78, 5) is 0. The summed E-state index contributed by atoms with van der Waals surface area (Å²) in [5, 5.41) is 0. The van der Waals surface area contributed by atoms with E-state index < -0.39 is 11.7 Å². The van der Waals surface area contributed by atoms with Crippen LogP contribution in [-0.4, -0.2) is 6.61 Å². The molecule has 0 aromatic heterocycles. The third-order valence-corrected chi connectivity index (χ3v) is 1.02.